The number of carbonyl (C=O) groups is 2. The molecule has 0 saturated carbocycles. The lowest BCUT2D eigenvalue weighted by atomic mass is 10.1. The summed E-state index contributed by atoms with van der Waals surface area (Å²) in [5.41, 5.74) is 3.42. The minimum Gasteiger partial charge on any atom is -0.494 e. The quantitative estimate of drug-likeness (QED) is 0.400. The van der Waals surface area contributed by atoms with Crippen molar-refractivity contribution in [2.75, 3.05) is 30.0 Å². The fraction of sp³-hybridized carbons (Fsp3) is 0.185. The zero-order valence-electron chi connectivity index (χ0n) is 18.5. The van der Waals surface area contributed by atoms with Gasteiger partial charge in [-0.1, -0.05) is 48.0 Å². The second-order valence-corrected chi connectivity index (χ2v) is 7.76. The minimum absolute atomic E-state index is 0.0305. The highest BCUT2D eigenvalue weighted by atomic mass is 16.5. The van der Waals surface area contributed by atoms with E-state index in [0.717, 1.165) is 11.3 Å². The molecule has 1 heterocycles. The number of hydrogen-bond acceptors (Lipinski definition) is 4. The zero-order valence-corrected chi connectivity index (χ0v) is 18.5. The lowest BCUT2D eigenvalue weighted by Gasteiger charge is -2.29. The summed E-state index contributed by atoms with van der Waals surface area (Å²) in [5.74, 6) is 1.04. The normalized spacial score (nSPS) is 12.9. The first-order valence-electron chi connectivity index (χ1n) is 10.9. The Morgan fingerprint density at radius 2 is 1.88 bits per heavy atom. The molecule has 6 heteroatoms. The molecule has 1 N–H and O–H groups in total. The fourth-order valence-electron chi connectivity index (χ4n) is 3.49. The van der Waals surface area contributed by atoms with Gasteiger partial charge in [0.05, 0.1) is 12.3 Å². The van der Waals surface area contributed by atoms with Crippen molar-refractivity contribution in [2.45, 2.75) is 13.3 Å². The minimum atomic E-state index is -0.239. The number of nitrogens with one attached hydrogen (secondary N) is 1. The molecule has 2 amide bonds. The van der Waals surface area contributed by atoms with Crippen LogP contribution in [0.25, 0.3) is 6.08 Å². The molecule has 0 aliphatic carbocycles. The van der Waals surface area contributed by atoms with E-state index in [-0.39, 0.29) is 18.4 Å². The van der Waals surface area contributed by atoms with Crippen LogP contribution in [-0.4, -0.2) is 31.6 Å². The third-order valence-electron chi connectivity index (χ3n) is 5.21. The van der Waals surface area contributed by atoms with Gasteiger partial charge in [0.25, 0.3) is 5.91 Å². The predicted octanol–water partition coefficient (Wildman–Crippen LogP) is 4.84. The Labute approximate surface area is 193 Å². The molecule has 0 saturated heterocycles. The van der Waals surface area contributed by atoms with Gasteiger partial charge < -0.3 is 19.7 Å². The second kappa shape index (κ2) is 10.5. The van der Waals surface area contributed by atoms with Crippen LogP contribution in [-0.2, 0) is 9.59 Å². The standard InChI is InChI=1S/C27H26N2O4/c1-20-8-10-21(11-9-20)12-15-26(30)28-22-13-14-24-25(18-22)33-19-27(31)29(24)16-5-17-32-23-6-3-2-4-7-23/h2-4,6-15,18H,5,16-17,19H2,1H3,(H,28,30)/b15-12+. The Bertz CT molecular complexity index is 1140. The molecule has 0 fully saturated rings. The van der Waals surface area contributed by atoms with Crippen molar-refractivity contribution in [3.8, 4) is 11.5 Å². The second-order valence-electron chi connectivity index (χ2n) is 7.76. The van der Waals surface area contributed by atoms with Crippen molar-refractivity contribution in [1.82, 2.24) is 0 Å². The number of para-hydroxylation sites is 1. The van der Waals surface area contributed by atoms with E-state index >= 15 is 0 Å². The maximum absolute atomic E-state index is 12.4. The molecule has 4 rings (SSSR count). The van der Waals surface area contributed by atoms with Crippen molar-refractivity contribution >= 4 is 29.3 Å². The summed E-state index contributed by atoms with van der Waals surface area (Å²) in [6.07, 6.45) is 3.94. The number of amides is 2. The van der Waals surface area contributed by atoms with Crippen LogP contribution >= 0.6 is 0 Å². The van der Waals surface area contributed by atoms with Crippen LogP contribution in [0.4, 0.5) is 11.4 Å². The average Bonchev–Trinajstić information content (AvgIpc) is 2.83. The molecule has 0 radical (unpaired) electrons. The molecule has 0 atom stereocenters. The van der Waals surface area contributed by atoms with Crippen LogP contribution < -0.4 is 19.7 Å². The Morgan fingerprint density at radius 1 is 1.09 bits per heavy atom. The molecule has 0 unspecified atom stereocenters. The zero-order chi connectivity index (χ0) is 23.0. The Balaban J connectivity index is 1.35. The largest absolute Gasteiger partial charge is 0.494 e. The van der Waals surface area contributed by atoms with Gasteiger partial charge in [-0.15, -0.1) is 0 Å². The van der Waals surface area contributed by atoms with Crippen LogP contribution in [0, 0.1) is 6.92 Å². The number of hydrogen-bond donors (Lipinski definition) is 1. The lowest BCUT2D eigenvalue weighted by Crippen LogP contribution is -2.39. The maximum atomic E-state index is 12.4. The summed E-state index contributed by atoms with van der Waals surface area (Å²) in [6, 6.07) is 22.8. The third-order valence-corrected chi connectivity index (χ3v) is 5.21. The first kappa shape index (κ1) is 22.1. The van der Waals surface area contributed by atoms with E-state index in [1.807, 2.05) is 61.5 Å². The van der Waals surface area contributed by atoms with Gasteiger partial charge in [-0.3, -0.25) is 9.59 Å². The number of ether oxygens (including phenoxy) is 2. The topological polar surface area (TPSA) is 67.9 Å². The molecule has 0 spiro atoms. The molecule has 1 aliphatic heterocycles. The molecule has 0 bridgehead atoms. The van der Waals surface area contributed by atoms with Crippen molar-refractivity contribution in [3.05, 3.63) is 90.0 Å². The summed E-state index contributed by atoms with van der Waals surface area (Å²) in [5, 5.41) is 2.84. The number of benzene rings is 3. The monoisotopic (exact) mass is 442 g/mol. The predicted molar refractivity (Wildman–Crippen MR) is 130 cm³/mol. The van der Waals surface area contributed by atoms with Gasteiger partial charge in [0.2, 0.25) is 5.91 Å². The van der Waals surface area contributed by atoms with E-state index in [1.54, 1.807) is 29.2 Å². The van der Waals surface area contributed by atoms with Crippen LogP contribution in [0.1, 0.15) is 17.5 Å². The van der Waals surface area contributed by atoms with Gasteiger partial charge in [0.1, 0.15) is 11.5 Å². The van der Waals surface area contributed by atoms with Crippen molar-refractivity contribution in [2.24, 2.45) is 0 Å². The fourth-order valence-corrected chi connectivity index (χ4v) is 3.49. The SMILES string of the molecule is Cc1ccc(/C=C/C(=O)Nc2ccc3c(c2)OCC(=O)N3CCCOc2ccccc2)cc1. The highest BCUT2D eigenvalue weighted by Gasteiger charge is 2.25. The summed E-state index contributed by atoms with van der Waals surface area (Å²) < 4.78 is 11.3. The molecule has 168 valence electrons. The summed E-state index contributed by atoms with van der Waals surface area (Å²) >= 11 is 0. The van der Waals surface area contributed by atoms with E-state index in [1.165, 1.54) is 11.6 Å². The van der Waals surface area contributed by atoms with E-state index in [9.17, 15) is 9.59 Å². The smallest absolute Gasteiger partial charge is 0.265 e. The number of nitrogens with zero attached hydrogens (tertiary/aromatic N) is 1. The van der Waals surface area contributed by atoms with Crippen molar-refractivity contribution < 1.29 is 19.1 Å². The maximum Gasteiger partial charge on any atom is 0.265 e. The summed E-state index contributed by atoms with van der Waals surface area (Å²) in [7, 11) is 0. The van der Waals surface area contributed by atoms with E-state index in [2.05, 4.69) is 5.32 Å². The van der Waals surface area contributed by atoms with Gasteiger partial charge in [0.15, 0.2) is 6.61 Å². The molecule has 3 aromatic carbocycles. The van der Waals surface area contributed by atoms with E-state index < -0.39 is 0 Å². The molecular weight excluding hydrogens is 416 g/mol. The van der Waals surface area contributed by atoms with E-state index in [4.69, 9.17) is 9.47 Å². The van der Waals surface area contributed by atoms with Crippen LogP contribution in [0.2, 0.25) is 0 Å². The molecular formula is C27H26N2O4. The molecule has 0 aromatic heterocycles. The lowest BCUT2D eigenvalue weighted by molar-refractivity contribution is -0.121. The van der Waals surface area contributed by atoms with Gasteiger partial charge in [-0.25, -0.2) is 0 Å². The average molecular weight is 443 g/mol. The molecule has 3 aromatic rings. The molecule has 1 aliphatic rings. The van der Waals surface area contributed by atoms with Crippen molar-refractivity contribution in [3.63, 3.8) is 0 Å². The van der Waals surface area contributed by atoms with Gasteiger partial charge >= 0.3 is 0 Å². The summed E-state index contributed by atoms with van der Waals surface area (Å²) in [4.78, 5) is 26.4. The number of carbonyl (C=O) groups excluding carboxylic acids is 2. The third kappa shape index (κ3) is 6.01. The number of aryl methyl sites for hydroxylation is 1. The first-order chi connectivity index (χ1) is 16.1. The van der Waals surface area contributed by atoms with Crippen molar-refractivity contribution in [1.29, 1.82) is 0 Å². The Morgan fingerprint density at radius 3 is 2.67 bits per heavy atom. The Kier molecular flexibility index (Phi) is 7.05. The van der Waals surface area contributed by atoms with E-state index in [0.29, 0.717) is 36.7 Å². The summed E-state index contributed by atoms with van der Waals surface area (Å²) in [6.45, 7) is 3.02. The highest BCUT2D eigenvalue weighted by molar-refractivity contribution is 6.03. The van der Waals surface area contributed by atoms with Crippen LogP contribution in [0.3, 0.4) is 0 Å². The number of anilines is 2. The highest BCUT2D eigenvalue weighted by Crippen LogP contribution is 2.34. The van der Waals surface area contributed by atoms with Gasteiger partial charge in [-0.2, -0.15) is 0 Å². The first-order valence-corrected chi connectivity index (χ1v) is 10.9. The number of rotatable bonds is 8. The number of fused-ring (bicyclic) bond motifs is 1. The Hall–Kier alpha value is -4.06. The van der Waals surface area contributed by atoms with Crippen LogP contribution in [0.5, 0.6) is 11.5 Å². The van der Waals surface area contributed by atoms with Gasteiger partial charge in [0, 0.05) is 24.4 Å². The molecule has 33 heavy (non-hydrogen) atoms. The molecule has 6 nitrogen and oxygen atoms in total. The van der Waals surface area contributed by atoms with Gasteiger partial charge in [-0.05, 0) is 49.2 Å². The van der Waals surface area contributed by atoms with Crippen LogP contribution in [0.15, 0.2) is 78.9 Å².